The zero-order valence-electron chi connectivity index (χ0n) is 16.7. The van der Waals surface area contributed by atoms with Crippen LogP contribution in [0.1, 0.15) is 66.9 Å². The third-order valence-electron chi connectivity index (χ3n) is 5.17. The van der Waals surface area contributed by atoms with Crippen LogP contribution in [0, 0.1) is 0 Å². The number of nitrogens with zero attached hydrogens (tertiary/aromatic N) is 3. The van der Waals surface area contributed by atoms with Crippen LogP contribution in [0.25, 0.3) is 0 Å². The SMILES string of the molecule is CCC(C)(C)NC(=O)c1ccc(NC(=O)c2cn(C3CCNCC3)nn2)cc1. The Kier molecular flexibility index (Phi) is 6.08. The smallest absolute Gasteiger partial charge is 0.277 e. The highest BCUT2D eigenvalue weighted by molar-refractivity contribution is 6.03. The van der Waals surface area contributed by atoms with Crippen molar-refractivity contribution in [2.75, 3.05) is 18.4 Å². The topological polar surface area (TPSA) is 101 Å². The maximum Gasteiger partial charge on any atom is 0.277 e. The van der Waals surface area contributed by atoms with Gasteiger partial charge in [-0.05, 0) is 70.5 Å². The number of carbonyl (C=O) groups is 2. The molecular weight excluding hydrogens is 356 g/mol. The predicted molar refractivity (Wildman–Crippen MR) is 107 cm³/mol. The second-order valence-corrected chi connectivity index (χ2v) is 7.79. The van der Waals surface area contributed by atoms with Gasteiger partial charge in [0.25, 0.3) is 11.8 Å². The first-order chi connectivity index (χ1) is 13.4. The first-order valence-electron chi connectivity index (χ1n) is 9.74. The molecule has 1 aromatic heterocycles. The number of rotatable bonds is 6. The van der Waals surface area contributed by atoms with Gasteiger partial charge in [0.15, 0.2) is 5.69 Å². The Morgan fingerprint density at radius 1 is 1.18 bits per heavy atom. The molecule has 3 rings (SSSR count). The van der Waals surface area contributed by atoms with Crippen LogP contribution in [0.4, 0.5) is 5.69 Å². The molecule has 1 aliphatic heterocycles. The lowest BCUT2D eigenvalue weighted by atomic mass is 10.0. The van der Waals surface area contributed by atoms with E-state index in [-0.39, 0.29) is 29.1 Å². The molecule has 2 heterocycles. The second kappa shape index (κ2) is 8.52. The van der Waals surface area contributed by atoms with Crippen LogP contribution in [0.3, 0.4) is 0 Å². The summed E-state index contributed by atoms with van der Waals surface area (Å²) in [4.78, 5) is 24.7. The number of carbonyl (C=O) groups excluding carboxylic acids is 2. The standard InChI is InChI=1S/C20H28N6O2/c1-4-20(2,3)23-18(27)14-5-7-15(8-6-14)22-19(28)17-13-26(25-24-17)16-9-11-21-12-10-16/h5-8,13,16,21H,4,9-12H2,1-3H3,(H,22,28)(H,23,27). The minimum absolute atomic E-state index is 0.130. The molecule has 28 heavy (non-hydrogen) atoms. The Morgan fingerprint density at radius 2 is 1.86 bits per heavy atom. The molecule has 0 atom stereocenters. The Labute approximate surface area is 165 Å². The molecule has 1 aliphatic rings. The van der Waals surface area contributed by atoms with E-state index in [9.17, 15) is 9.59 Å². The molecule has 8 nitrogen and oxygen atoms in total. The summed E-state index contributed by atoms with van der Waals surface area (Å²) in [5, 5.41) is 17.2. The normalized spacial score (nSPS) is 15.2. The molecule has 1 saturated heterocycles. The van der Waals surface area contributed by atoms with Crippen LogP contribution in [0.2, 0.25) is 0 Å². The summed E-state index contributed by atoms with van der Waals surface area (Å²) >= 11 is 0. The van der Waals surface area contributed by atoms with Crippen molar-refractivity contribution in [3.63, 3.8) is 0 Å². The van der Waals surface area contributed by atoms with Crippen LogP contribution >= 0.6 is 0 Å². The van der Waals surface area contributed by atoms with Crippen molar-refractivity contribution in [2.45, 2.75) is 51.6 Å². The third-order valence-corrected chi connectivity index (χ3v) is 5.17. The van der Waals surface area contributed by atoms with Crippen molar-refractivity contribution >= 4 is 17.5 Å². The average molecular weight is 384 g/mol. The molecule has 1 fully saturated rings. The van der Waals surface area contributed by atoms with E-state index in [1.165, 1.54) is 0 Å². The monoisotopic (exact) mass is 384 g/mol. The molecule has 2 amide bonds. The first-order valence-corrected chi connectivity index (χ1v) is 9.74. The summed E-state index contributed by atoms with van der Waals surface area (Å²) in [6, 6.07) is 7.09. The molecule has 0 radical (unpaired) electrons. The molecule has 1 aromatic carbocycles. The molecule has 8 heteroatoms. The van der Waals surface area contributed by atoms with Crippen LogP contribution in [0.5, 0.6) is 0 Å². The van der Waals surface area contributed by atoms with Gasteiger partial charge < -0.3 is 16.0 Å². The second-order valence-electron chi connectivity index (χ2n) is 7.79. The van der Waals surface area contributed by atoms with Crippen molar-refractivity contribution in [3.05, 3.63) is 41.7 Å². The fourth-order valence-corrected chi connectivity index (χ4v) is 3.00. The summed E-state index contributed by atoms with van der Waals surface area (Å²) in [5.74, 6) is -0.445. The number of aromatic nitrogens is 3. The fourth-order valence-electron chi connectivity index (χ4n) is 3.00. The van der Waals surface area contributed by atoms with Crippen molar-refractivity contribution < 1.29 is 9.59 Å². The lowest BCUT2D eigenvalue weighted by molar-refractivity contribution is 0.0911. The zero-order valence-corrected chi connectivity index (χ0v) is 16.7. The maximum absolute atomic E-state index is 12.4. The van der Waals surface area contributed by atoms with E-state index in [0.717, 1.165) is 32.4 Å². The van der Waals surface area contributed by atoms with Crippen LogP contribution in [-0.2, 0) is 0 Å². The third kappa shape index (κ3) is 4.95. The highest BCUT2D eigenvalue weighted by atomic mass is 16.2. The van der Waals surface area contributed by atoms with Gasteiger partial charge in [-0.15, -0.1) is 5.10 Å². The van der Waals surface area contributed by atoms with Gasteiger partial charge in [-0.25, -0.2) is 4.68 Å². The van der Waals surface area contributed by atoms with Crippen LogP contribution in [0.15, 0.2) is 30.5 Å². The number of anilines is 1. The molecule has 2 aromatic rings. The summed E-state index contributed by atoms with van der Waals surface area (Å²) in [5.41, 5.74) is 1.18. The van der Waals surface area contributed by atoms with Crippen molar-refractivity contribution in [1.29, 1.82) is 0 Å². The Balaban J connectivity index is 1.60. The minimum atomic E-state index is -0.315. The quantitative estimate of drug-likeness (QED) is 0.710. The highest BCUT2D eigenvalue weighted by Crippen LogP contribution is 2.18. The number of benzene rings is 1. The average Bonchev–Trinajstić information content (AvgIpc) is 3.19. The largest absolute Gasteiger partial charge is 0.347 e. The predicted octanol–water partition coefficient (Wildman–Crippen LogP) is 2.37. The van der Waals surface area contributed by atoms with Crippen molar-refractivity contribution in [1.82, 2.24) is 25.6 Å². The molecule has 3 N–H and O–H groups in total. The van der Waals surface area contributed by atoms with E-state index < -0.39 is 0 Å². The zero-order chi connectivity index (χ0) is 20.1. The molecule has 0 aliphatic carbocycles. The van der Waals surface area contributed by atoms with E-state index in [1.807, 2.05) is 20.8 Å². The van der Waals surface area contributed by atoms with Crippen molar-refractivity contribution in [2.24, 2.45) is 0 Å². The first kappa shape index (κ1) is 20.0. The van der Waals surface area contributed by atoms with E-state index in [4.69, 9.17) is 0 Å². The van der Waals surface area contributed by atoms with Gasteiger partial charge in [0.1, 0.15) is 0 Å². The summed E-state index contributed by atoms with van der Waals surface area (Å²) < 4.78 is 1.78. The van der Waals surface area contributed by atoms with Gasteiger partial charge in [-0.3, -0.25) is 9.59 Å². The van der Waals surface area contributed by atoms with Crippen LogP contribution < -0.4 is 16.0 Å². The van der Waals surface area contributed by atoms with Gasteiger partial charge >= 0.3 is 0 Å². The summed E-state index contributed by atoms with van der Waals surface area (Å²) in [6.07, 6.45) is 4.48. The van der Waals surface area contributed by atoms with Gasteiger partial charge in [-0.1, -0.05) is 12.1 Å². The summed E-state index contributed by atoms with van der Waals surface area (Å²) in [6.45, 7) is 7.88. The molecule has 0 saturated carbocycles. The van der Waals surface area contributed by atoms with Crippen LogP contribution in [-0.4, -0.2) is 45.4 Å². The highest BCUT2D eigenvalue weighted by Gasteiger charge is 2.20. The summed E-state index contributed by atoms with van der Waals surface area (Å²) in [7, 11) is 0. The minimum Gasteiger partial charge on any atom is -0.347 e. The molecule has 0 bridgehead atoms. The van der Waals surface area contributed by atoms with Gasteiger partial charge in [-0.2, -0.15) is 0 Å². The Bertz CT molecular complexity index is 821. The lowest BCUT2D eigenvalue weighted by Gasteiger charge is -2.24. The van der Waals surface area contributed by atoms with Crippen molar-refractivity contribution in [3.8, 4) is 0 Å². The molecular formula is C20H28N6O2. The van der Waals surface area contributed by atoms with E-state index >= 15 is 0 Å². The molecule has 0 spiro atoms. The van der Waals surface area contributed by atoms with Gasteiger partial charge in [0.2, 0.25) is 0 Å². The Hall–Kier alpha value is -2.74. The Morgan fingerprint density at radius 3 is 2.50 bits per heavy atom. The maximum atomic E-state index is 12.4. The van der Waals surface area contributed by atoms with E-state index in [0.29, 0.717) is 11.3 Å². The number of piperidine rings is 1. The molecule has 150 valence electrons. The van der Waals surface area contributed by atoms with Gasteiger partial charge in [0.05, 0.1) is 12.2 Å². The number of hydrogen-bond donors (Lipinski definition) is 3. The number of nitrogens with one attached hydrogen (secondary N) is 3. The number of hydrogen-bond acceptors (Lipinski definition) is 5. The van der Waals surface area contributed by atoms with E-state index in [1.54, 1.807) is 35.1 Å². The lowest BCUT2D eigenvalue weighted by Crippen LogP contribution is -2.42. The molecule has 0 unspecified atom stereocenters. The van der Waals surface area contributed by atoms with E-state index in [2.05, 4.69) is 26.3 Å². The fraction of sp³-hybridized carbons (Fsp3) is 0.500. The number of amides is 2. The van der Waals surface area contributed by atoms with Gasteiger partial charge in [0, 0.05) is 16.8 Å².